The standard InChI is InChI=1S/C18H28O4/c1-3-4-5-6-7-8-9-10-15-21-22-18(19)16-11-13-17(20-2)14-12-16/h11-14H,3-10,15H2,1-2H3. The Morgan fingerprint density at radius 1 is 0.909 bits per heavy atom. The molecule has 124 valence electrons. The maximum atomic E-state index is 11.7. The van der Waals surface area contributed by atoms with Crippen LogP contribution in [0.25, 0.3) is 0 Å². The van der Waals surface area contributed by atoms with Crippen molar-refractivity contribution in [2.75, 3.05) is 13.7 Å². The molecule has 0 saturated heterocycles. The first-order chi connectivity index (χ1) is 10.8. The van der Waals surface area contributed by atoms with Gasteiger partial charge in [-0.05, 0) is 30.7 Å². The van der Waals surface area contributed by atoms with Gasteiger partial charge < -0.3 is 4.74 Å². The van der Waals surface area contributed by atoms with E-state index in [0.717, 1.165) is 12.8 Å². The number of hydrogen-bond acceptors (Lipinski definition) is 4. The van der Waals surface area contributed by atoms with Crippen LogP contribution in [0, 0.1) is 0 Å². The lowest BCUT2D eigenvalue weighted by Gasteiger charge is -2.05. The number of ether oxygens (including phenoxy) is 1. The van der Waals surface area contributed by atoms with Crippen LogP contribution >= 0.6 is 0 Å². The second kappa shape index (κ2) is 12.0. The van der Waals surface area contributed by atoms with Crippen molar-refractivity contribution >= 4 is 5.97 Å². The molecule has 0 amide bonds. The molecule has 0 fully saturated rings. The van der Waals surface area contributed by atoms with Crippen LogP contribution in [0.15, 0.2) is 24.3 Å². The highest BCUT2D eigenvalue weighted by Crippen LogP contribution is 2.12. The van der Waals surface area contributed by atoms with Gasteiger partial charge in [-0.1, -0.05) is 51.9 Å². The third kappa shape index (κ3) is 8.03. The Kier molecular flexibility index (Phi) is 10.1. The molecule has 0 heterocycles. The van der Waals surface area contributed by atoms with E-state index in [1.54, 1.807) is 31.4 Å². The zero-order valence-corrected chi connectivity index (χ0v) is 13.8. The normalized spacial score (nSPS) is 10.5. The van der Waals surface area contributed by atoms with E-state index in [1.165, 1.54) is 38.5 Å². The zero-order valence-electron chi connectivity index (χ0n) is 13.8. The first-order valence-corrected chi connectivity index (χ1v) is 8.25. The summed E-state index contributed by atoms with van der Waals surface area (Å²) in [6, 6.07) is 6.74. The summed E-state index contributed by atoms with van der Waals surface area (Å²) in [7, 11) is 1.58. The molecule has 22 heavy (non-hydrogen) atoms. The lowest BCUT2D eigenvalue weighted by Crippen LogP contribution is -2.07. The van der Waals surface area contributed by atoms with E-state index in [1.807, 2.05) is 0 Å². The number of carbonyl (C=O) groups is 1. The number of methoxy groups -OCH3 is 1. The maximum absolute atomic E-state index is 11.7. The minimum Gasteiger partial charge on any atom is -0.497 e. The zero-order chi connectivity index (χ0) is 16.0. The second-order valence-electron chi connectivity index (χ2n) is 5.40. The lowest BCUT2D eigenvalue weighted by molar-refractivity contribution is -0.241. The molecule has 4 nitrogen and oxygen atoms in total. The summed E-state index contributed by atoms with van der Waals surface area (Å²) in [6.07, 6.45) is 9.83. The van der Waals surface area contributed by atoms with Crippen LogP contribution in [0.3, 0.4) is 0 Å². The Hall–Kier alpha value is -1.55. The van der Waals surface area contributed by atoms with Gasteiger partial charge in [-0.15, -0.1) is 0 Å². The molecule has 1 aromatic carbocycles. The minimum atomic E-state index is -0.470. The maximum Gasteiger partial charge on any atom is 0.373 e. The quantitative estimate of drug-likeness (QED) is 0.312. The average Bonchev–Trinajstić information content (AvgIpc) is 2.56. The number of hydrogen-bond donors (Lipinski definition) is 0. The van der Waals surface area contributed by atoms with E-state index in [9.17, 15) is 4.79 Å². The van der Waals surface area contributed by atoms with Gasteiger partial charge in [-0.2, -0.15) is 4.89 Å². The fourth-order valence-corrected chi connectivity index (χ4v) is 2.17. The molecule has 0 atom stereocenters. The Morgan fingerprint density at radius 2 is 1.50 bits per heavy atom. The van der Waals surface area contributed by atoms with Crippen LogP contribution in [-0.2, 0) is 9.78 Å². The number of carbonyl (C=O) groups excluding carboxylic acids is 1. The third-order valence-electron chi connectivity index (χ3n) is 3.54. The second-order valence-corrected chi connectivity index (χ2v) is 5.40. The van der Waals surface area contributed by atoms with Gasteiger partial charge in [-0.3, -0.25) is 4.89 Å². The van der Waals surface area contributed by atoms with Crippen molar-refractivity contribution < 1.29 is 19.3 Å². The van der Waals surface area contributed by atoms with E-state index in [-0.39, 0.29) is 0 Å². The molecule has 1 rings (SSSR count). The summed E-state index contributed by atoms with van der Waals surface area (Å²) in [5.74, 6) is 0.235. The molecule has 0 spiro atoms. The van der Waals surface area contributed by atoms with Crippen molar-refractivity contribution in [2.45, 2.75) is 58.3 Å². The number of rotatable bonds is 12. The van der Waals surface area contributed by atoms with E-state index < -0.39 is 5.97 Å². The fraction of sp³-hybridized carbons (Fsp3) is 0.611. The SMILES string of the molecule is CCCCCCCCCCOOC(=O)c1ccc(OC)cc1. The van der Waals surface area contributed by atoms with E-state index >= 15 is 0 Å². The Balaban J connectivity index is 2.00. The number of unbranched alkanes of at least 4 members (excludes halogenated alkanes) is 7. The Morgan fingerprint density at radius 3 is 2.09 bits per heavy atom. The molecular formula is C18H28O4. The monoisotopic (exact) mass is 308 g/mol. The summed E-state index contributed by atoms with van der Waals surface area (Å²) >= 11 is 0. The van der Waals surface area contributed by atoms with Crippen molar-refractivity contribution in [1.82, 2.24) is 0 Å². The van der Waals surface area contributed by atoms with Gasteiger partial charge in [0.25, 0.3) is 0 Å². The smallest absolute Gasteiger partial charge is 0.373 e. The molecule has 0 unspecified atom stereocenters. The van der Waals surface area contributed by atoms with Crippen molar-refractivity contribution in [1.29, 1.82) is 0 Å². The highest BCUT2D eigenvalue weighted by atomic mass is 17.2. The Labute approximate surface area is 133 Å². The van der Waals surface area contributed by atoms with Crippen LogP contribution < -0.4 is 4.74 Å². The van der Waals surface area contributed by atoms with Crippen LogP contribution in [-0.4, -0.2) is 19.7 Å². The van der Waals surface area contributed by atoms with Crippen molar-refractivity contribution in [3.05, 3.63) is 29.8 Å². The van der Waals surface area contributed by atoms with Crippen LogP contribution in [0.1, 0.15) is 68.6 Å². The molecular weight excluding hydrogens is 280 g/mol. The highest BCUT2D eigenvalue weighted by Gasteiger charge is 2.08. The van der Waals surface area contributed by atoms with E-state index in [0.29, 0.717) is 17.9 Å². The van der Waals surface area contributed by atoms with Crippen LogP contribution in [0.4, 0.5) is 0 Å². The predicted octanol–water partition coefficient (Wildman–Crippen LogP) is 4.92. The molecule has 0 radical (unpaired) electrons. The van der Waals surface area contributed by atoms with Crippen LogP contribution in [0.5, 0.6) is 5.75 Å². The summed E-state index contributed by atoms with van der Waals surface area (Å²) < 4.78 is 5.03. The molecule has 0 saturated carbocycles. The molecule has 0 aliphatic heterocycles. The first-order valence-electron chi connectivity index (χ1n) is 8.25. The Bertz CT molecular complexity index is 400. The van der Waals surface area contributed by atoms with Crippen molar-refractivity contribution in [3.63, 3.8) is 0 Å². The molecule has 0 bridgehead atoms. The number of benzene rings is 1. The average molecular weight is 308 g/mol. The van der Waals surface area contributed by atoms with Crippen LogP contribution in [0.2, 0.25) is 0 Å². The molecule has 0 aliphatic carbocycles. The summed E-state index contributed by atoms with van der Waals surface area (Å²) in [6.45, 7) is 2.68. The third-order valence-corrected chi connectivity index (χ3v) is 3.54. The predicted molar refractivity (Wildman–Crippen MR) is 87.0 cm³/mol. The van der Waals surface area contributed by atoms with Gasteiger partial charge >= 0.3 is 5.97 Å². The van der Waals surface area contributed by atoms with Gasteiger partial charge in [-0.25, -0.2) is 4.79 Å². The summed E-state index contributed by atoms with van der Waals surface area (Å²) in [5, 5.41) is 0. The summed E-state index contributed by atoms with van der Waals surface area (Å²) in [4.78, 5) is 21.4. The molecule has 1 aromatic rings. The van der Waals surface area contributed by atoms with Gasteiger partial charge in [0.15, 0.2) is 0 Å². The van der Waals surface area contributed by atoms with Crippen molar-refractivity contribution in [2.24, 2.45) is 0 Å². The summed E-state index contributed by atoms with van der Waals surface area (Å²) in [5.41, 5.74) is 0.455. The van der Waals surface area contributed by atoms with Crippen molar-refractivity contribution in [3.8, 4) is 5.75 Å². The molecule has 0 aliphatic rings. The van der Waals surface area contributed by atoms with Gasteiger partial charge in [0, 0.05) is 0 Å². The molecule has 4 heteroatoms. The van der Waals surface area contributed by atoms with E-state index in [4.69, 9.17) is 14.5 Å². The van der Waals surface area contributed by atoms with Gasteiger partial charge in [0.05, 0.1) is 19.3 Å². The van der Waals surface area contributed by atoms with Gasteiger partial charge in [0.2, 0.25) is 0 Å². The largest absolute Gasteiger partial charge is 0.497 e. The minimum absolute atomic E-state index is 0.455. The first kappa shape index (κ1) is 18.5. The molecule has 0 aromatic heterocycles. The van der Waals surface area contributed by atoms with E-state index in [2.05, 4.69) is 6.92 Å². The topological polar surface area (TPSA) is 44.8 Å². The highest BCUT2D eigenvalue weighted by molar-refractivity contribution is 5.89. The fourth-order valence-electron chi connectivity index (χ4n) is 2.17. The lowest BCUT2D eigenvalue weighted by atomic mass is 10.1. The van der Waals surface area contributed by atoms with Gasteiger partial charge in [0.1, 0.15) is 5.75 Å². The molecule has 0 N–H and O–H groups in total.